The van der Waals surface area contributed by atoms with Crippen molar-refractivity contribution >= 4 is 33.7 Å². The Labute approximate surface area is 311 Å². The predicted octanol–water partition coefficient (Wildman–Crippen LogP) is 12.7. The van der Waals surface area contributed by atoms with Crippen molar-refractivity contribution in [1.82, 2.24) is 0 Å². The van der Waals surface area contributed by atoms with Crippen LogP contribution in [0.5, 0.6) is 0 Å². The summed E-state index contributed by atoms with van der Waals surface area (Å²) in [6, 6.07) is 18.3. The molecule has 0 aromatic heterocycles. The quantitative estimate of drug-likeness (QED) is 0.0895. The van der Waals surface area contributed by atoms with Crippen LogP contribution in [0.25, 0.3) is 0 Å². The third-order valence-electron chi connectivity index (χ3n) is 9.24. The number of hydrogen-bond donors (Lipinski definition) is 0. The molecule has 2 saturated heterocycles. The van der Waals surface area contributed by atoms with E-state index in [9.17, 15) is 17.3 Å². The third kappa shape index (κ3) is 17.2. The van der Waals surface area contributed by atoms with Gasteiger partial charge in [-0.3, -0.25) is 0 Å². The summed E-state index contributed by atoms with van der Waals surface area (Å²) < 4.78 is 39.0. The summed E-state index contributed by atoms with van der Waals surface area (Å²) in [5.74, 6) is 3.41. The van der Waals surface area contributed by atoms with Gasteiger partial charge in [-0.1, -0.05) is 95.5 Å². The maximum atomic E-state index is 9.75. The Hall–Kier alpha value is -0.0322. The van der Waals surface area contributed by atoms with Crippen LogP contribution in [0.3, 0.4) is 0 Å². The van der Waals surface area contributed by atoms with Crippen molar-refractivity contribution in [2.24, 2.45) is 23.7 Å². The van der Waals surface area contributed by atoms with Crippen LogP contribution in [0, 0.1) is 23.7 Å². The average Bonchev–Trinajstić information content (AvgIpc) is 3.73. The SMILES string of the molecule is C1=CCCC=CCC1.CC(C)C1CCC(C(C)C)P1c1ccc[cH-]1.CC(C)C1CCC(C(C)C)P1c1ccc[cH-]1.F[B-](F)(F)F.[Fe+2].[Rh]. The molecular formula is C38H60BF4FeP2Rh-. The van der Waals surface area contributed by atoms with Crippen LogP contribution in [-0.2, 0) is 36.5 Å². The number of rotatable bonds is 6. The van der Waals surface area contributed by atoms with Crippen molar-refractivity contribution in [3.8, 4) is 0 Å². The Bertz CT molecular complexity index is 954. The van der Waals surface area contributed by atoms with Crippen LogP contribution in [0.15, 0.2) is 72.8 Å². The Balaban J connectivity index is 0.000000643. The molecule has 2 fully saturated rings. The Morgan fingerprint density at radius 2 is 0.787 bits per heavy atom. The molecule has 2 aromatic carbocycles. The van der Waals surface area contributed by atoms with Gasteiger partial charge in [0.1, 0.15) is 0 Å². The first kappa shape index (κ1) is 47.0. The van der Waals surface area contributed by atoms with E-state index in [1.54, 1.807) is 10.6 Å². The molecule has 5 rings (SSSR count). The molecule has 0 nitrogen and oxygen atoms in total. The van der Waals surface area contributed by atoms with Crippen LogP contribution < -0.4 is 10.6 Å². The second kappa shape index (κ2) is 24.2. The van der Waals surface area contributed by atoms with Gasteiger partial charge in [-0.2, -0.15) is 24.3 Å². The average molecular weight is 824 g/mol. The maximum absolute atomic E-state index is 9.75. The van der Waals surface area contributed by atoms with Crippen molar-refractivity contribution < 1.29 is 53.8 Å². The molecule has 47 heavy (non-hydrogen) atoms. The van der Waals surface area contributed by atoms with E-state index in [-0.39, 0.29) is 52.4 Å². The summed E-state index contributed by atoms with van der Waals surface area (Å²) in [6.07, 6.45) is 19.8. The molecule has 1 radical (unpaired) electrons. The van der Waals surface area contributed by atoms with E-state index in [0.29, 0.717) is 0 Å². The molecular weight excluding hydrogens is 764 g/mol. The minimum Gasteiger partial charge on any atom is -0.418 e. The summed E-state index contributed by atoms with van der Waals surface area (Å²) >= 11 is 0. The number of halogens is 4. The first-order valence-corrected chi connectivity index (χ1v) is 20.4. The first-order chi connectivity index (χ1) is 21.2. The fraction of sp³-hybridized carbons (Fsp3) is 0.632. The van der Waals surface area contributed by atoms with Gasteiger partial charge in [-0.15, -0.1) is 10.6 Å². The summed E-state index contributed by atoms with van der Waals surface area (Å²) in [7, 11) is -5.82. The van der Waals surface area contributed by atoms with Crippen LogP contribution in [0.4, 0.5) is 17.3 Å². The molecule has 0 saturated carbocycles. The Morgan fingerprint density at radius 1 is 0.553 bits per heavy atom. The summed E-state index contributed by atoms with van der Waals surface area (Å²) in [4.78, 5) is 0. The summed E-state index contributed by atoms with van der Waals surface area (Å²) in [5.41, 5.74) is 3.85. The van der Waals surface area contributed by atoms with Crippen molar-refractivity contribution in [1.29, 1.82) is 0 Å². The van der Waals surface area contributed by atoms with Crippen LogP contribution >= 0.6 is 15.8 Å². The zero-order valence-electron chi connectivity index (χ0n) is 29.9. The molecule has 3 aliphatic rings. The standard InChI is InChI=1S/2C15H24P.C8H12.BF4.Fe.Rh/c2*1-11(2)14-9-10-15(12(3)4)16(14)13-7-5-6-8-13;1-2-4-6-8-7-5-3-1;2-1(3,4)5;;/h2*5-8,11-12,14-15H,9-10H2,1-4H3;1-2,7-8H,3-6H2;;;/q2*-1;;-1;+2;. The van der Waals surface area contributed by atoms with Crippen LogP contribution in [0.2, 0.25) is 0 Å². The summed E-state index contributed by atoms with van der Waals surface area (Å²) in [5, 5.41) is 3.31. The van der Waals surface area contributed by atoms with E-state index in [2.05, 4.69) is 128 Å². The number of hydrogen-bond acceptors (Lipinski definition) is 0. The van der Waals surface area contributed by atoms with E-state index in [0.717, 1.165) is 46.3 Å². The first-order valence-electron chi connectivity index (χ1n) is 17.4. The Kier molecular flexibility index (Phi) is 24.2. The van der Waals surface area contributed by atoms with E-state index in [1.165, 1.54) is 51.4 Å². The van der Waals surface area contributed by atoms with Gasteiger partial charge in [0.15, 0.2) is 0 Å². The van der Waals surface area contributed by atoms with Gasteiger partial charge in [-0.25, -0.2) is 24.3 Å². The van der Waals surface area contributed by atoms with Crippen molar-refractivity contribution in [2.45, 2.75) is 129 Å². The fourth-order valence-electron chi connectivity index (χ4n) is 7.04. The molecule has 0 amide bonds. The molecule has 1 aliphatic carbocycles. The molecule has 2 aromatic rings. The smallest absolute Gasteiger partial charge is 0.418 e. The Morgan fingerprint density at radius 3 is 0.957 bits per heavy atom. The third-order valence-corrected chi connectivity index (χ3v) is 17.3. The zero-order chi connectivity index (χ0) is 33.6. The molecule has 4 atom stereocenters. The second-order valence-corrected chi connectivity index (χ2v) is 19.4. The topological polar surface area (TPSA) is 0 Å². The van der Waals surface area contributed by atoms with Crippen LogP contribution in [0.1, 0.15) is 107 Å². The molecule has 0 N–H and O–H groups in total. The van der Waals surface area contributed by atoms with E-state index in [1.807, 2.05) is 0 Å². The van der Waals surface area contributed by atoms with E-state index < -0.39 is 7.25 Å². The molecule has 4 unspecified atom stereocenters. The minimum atomic E-state index is -6.00. The van der Waals surface area contributed by atoms with Crippen molar-refractivity contribution in [3.05, 3.63) is 72.8 Å². The van der Waals surface area contributed by atoms with Gasteiger partial charge in [0.2, 0.25) is 0 Å². The van der Waals surface area contributed by atoms with Gasteiger partial charge in [0.25, 0.3) is 0 Å². The molecule has 2 aliphatic heterocycles. The van der Waals surface area contributed by atoms with E-state index >= 15 is 0 Å². The fourth-order valence-corrected chi connectivity index (χ4v) is 14.9. The van der Waals surface area contributed by atoms with Gasteiger partial charge >= 0.3 is 24.3 Å². The van der Waals surface area contributed by atoms with Gasteiger partial charge in [0.05, 0.1) is 0 Å². The van der Waals surface area contributed by atoms with Crippen LogP contribution in [-0.4, -0.2) is 29.9 Å². The minimum absolute atomic E-state index is 0. The zero-order valence-corrected chi connectivity index (χ0v) is 34.4. The van der Waals surface area contributed by atoms with E-state index in [4.69, 9.17) is 0 Å². The monoisotopic (exact) mass is 824 g/mol. The predicted molar refractivity (Wildman–Crippen MR) is 197 cm³/mol. The summed E-state index contributed by atoms with van der Waals surface area (Å²) in [6.45, 7) is 19.3. The molecule has 2 heterocycles. The van der Waals surface area contributed by atoms with Crippen molar-refractivity contribution in [2.75, 3.05) is 0 Å². The molecule has 0 spiro atoms. The largest absolute Gasteiger partial charge is 2.00 e. The molecule has 271 valence electrons. The maximum Gasteiger partial charge on any atom is 2.00 e. The van der Waals surface area contributed by atoms with Gasteiger partial charge in [-0.05, 0) is 97.7 Å². The molecule has 0 bridgehead atoms. The normalized spacial score (nSPS) is 25.4. The molecule has 9 heteroatoms. The second-order valence-electron chi connectivity index (χ2n) is 14.1. The van der Waals surface area contributed by atoms with Gasteiger partial charge in [0, 0.05) is 19.5 Å². The van der Waals surface area contributed by atoms with Gasteiger partial charge < -0.3 is 17.3 Å². The van der Waals surface area contributed by atoms with Crippen molar-refractivity contribution in [3.63, 3.8) is 0 Å². The number of allylic oxidation sites excluding steroid dienone is 4.